The van der Waals surface area contributed by atoms with E-state index < -0.39 is 52.2 Å². The number of aryl methyl sites for hydroxylation is 1. The van der Waals surface area contributed by atoms with Crippen LogP contribution in [-0.4, -0.2) is 82.8 Å². The number of likely N-dealkylation sites (tertiary alicyclic amines) is 1. The molecular formula is C32H34FN7O8S. The van der Waals surface area contributed by atoms with Gasteiger partial charge in [-0.15, -0.1) is 0 Å². The number of benzene rings is 3. The molecule has 0 radical (unpaired) electrons. The minimum atomic E-state index is -4.35. The molecule has 17 heteroatoms. The summed E-state index contributed by atoms with van der Waals surface area (Å²) in [6.07, 6.45) is 1.13. The fourth-order valence-electron chi connectivity index (χ4n) is 7.17. The smallest absolute Gasteiger partial charge is 0.329 e. The van der Waals surface area contributed by atoms with E-state index in [1.807, 2.05) is 23.1 Å². The number of amides is 3. The molecule has 3 aliphatic rings. The third kappa shape index (κ3) is 5.87. The molecule has 1 aromatic heterocycles. The number of phenolic OH excluding ortho intramolecular Hbond substituents is 1. The van der Waals surface area contributed by atoms with Gasteiger partial charge in [-0.05, 0) is 79.1 Å². The number of nitrogens with one attached hydrogen (secondary N) is 3. The molecule has 3 aromatic carbocycles. The van der Waals surface area contributed by atoms with Gasteiger partial charge in [0, 0.05) is 31.1 Å². The van der Waals surface area contributed by atoms with Crippen LogP contribution in [0, 0.1) is 5.82 Å². The second-order valence-corrected chi connectivity index (χ2v) is 14.3. The molecule has 258 valence electrons. The molecule has 49 heavy (non-hydrogen) atoms. The largest absolute Gasteiger partial charge is 0.506 e. The zero-order chi connectivity index (χ0) is 34.8. The van der Waals surface area contributed by atoms with Crippen molar-refractivity contribution >= 4 is 61.1 Å². The number of aromatic nitrogens is 2. The molecule has 15 nitrogen and oxygen atoms in total. The summed E-state index contributed by atoms with van der Waals surface area (Å²) in [4.78, 5) is 51.7. The molecule has 2 unspecified atom stereocenters. The molecule has 3 amide bonds. The number of halogens is 1. The Morgan fingerprint density at radius 3 is 2.59 bits per heavy atom. The fraction of sp³-hybridized carbons (Fsp3) is 0.375. The Bertz CT molecular complexity index is 2220. The molecule has 3 fully saturated rings. The lowest BCUT2D eigenvalue weighted by molar-refractivity contribution is -0.128. The van der Waals surface area contributed by atoms with Crippen LogP contribution in [-0.2, 0) is 31.6 Å². The van der Waals surface area contributed by atoms with Gasteiger partial charge in [-0.25, -0.2) is 18.2 Å². The van der Waals surface area contributed by atoms with Crippen molar-refractivity contribution in [3.8, 4) is 5.75 Å². The van der Waals surface area contributed by atoms with Crippen LogP contribution in [0.25, 0.3) is 21.8 Å². The zero-order valence-electron chi connectivity index (χ0n) is 26.3. The van der Waals surface area contributed by atoms with E-state index in [9.17, 15) is 37.8 Å². The van der Waals surface area contributed by atoms with Crippen molar-refractivity contribution in [2.45, 2.75) is 43.9 Å². The van der Waals surface area contributed by atoms with Gasteiger partial charge < -0.3 is 20.8 Å². The highest BCUT2D eigenvalue weighted by Gasteiger charge is 2.38. The normalized spacial score (nSPS) is 22.8. The van der Waals surface area contributed by atoms with Crippen molar-refractivity contribution < 1.29 is 37.4 Å². The molecule has 0 bridgehead atoms. The van der Waals surface area contributed by atoms with Crippen LogP contribution in [0.1, 0.15) is 43.2 Å². The second kappa shape index (κ2) is 12.2. The number of hydrogen-bond acceptors (Lipinski definition) is 9. The molecule has 5 N–H and O–H groups in total. The lowest BCUT2D eigenvalue weighted by atomic mass is 9.90. The van der Waals surface area contributed by atoms with Gasteiger partial charge in [-0.2, -0.15) is 8.42 Å². The number of imidazole rings is 1. The lowest BCUT2D eigenvalue weighted by Gasteiger charge is -2.32. The van der Waals surface area contributed by atoms with E-state index in [0.717, 1.165) is 18.4 Å². The number of carbonyl (C=O) groups is 3. The Balaban J connectivity index is 1.04. The van der Waals surface area contributed by atoms with Crippen molar-refractivity contribution in [3.05, 3.63) is 64.3 Å². The van der Waals surface area contributed by atoms with Crippen molar-refractivity contribution in [1.29, 1.82) is 0 Å². The molecule has 0 saturated carbocycles. The van der Waals surface area contributed by atoms with Crippen LogP contribution in [0.2, 0.25) is 0 Å². The number of fused-ring (bicyclic) bond motifs is 2. The topological polar surface area (TPSA) is 195 Å². The fourth-order valence-corrected chi connectivity index (χ4v) is 8.33. The van der Waals surface area contributed by atoms with Gasteiger partial charge in [0.2, 0.25) is 11.8 Å². The van der Waals surface area contributed by atoms with Crippen molar-refractivity contribution in [2.24, 2.45) is 7.05 Å². The first kappa shape index (κ1) is 32.5. The van der Waals surface area contributed by atoms with E-state index in [4.69, 9.17) is 0 Å². The highest BCUT2D eigenvalue weighted by Crippen LogP contribution is 2.39. The molecule has 3 atom stereocenters. The molecule has 4 aromatic rings. The summed E-state index contributed by atoms with van der Waals surface area (Å²) >= 11 is 0. The number of rotatable bonds is 6. The van der Waals surface area contributed by atoms with E-state index in [0.29, 0.717) is 40.5 Å². The van der Waals surface area contributed by atoms with Gasteiger partial charge in [0.15, 0.2) is 5.82 Å². The standard InChI is InChI=1S/C32H34FN7O8S/c1-37-24-12-17(4-7-22(24)40(32(37)46)23-8-9-26(42)35-31(23)45)18-3-2-10-38(14-18)15-27(43)34-20-5-6-21-19(11-20)13-25(41)30(29(21)33)39-16-28(44)36-49(39,47)48/h4-7,11-13,18,23,31,41,45H,2-3,8-10,14-16H2,1H3,(H,34,43)(H,35,42)(H,36,44)/t18-,23?,31?/m1/s1. The molecule has 3 aliphatic heterocycles. The molecule has 4 heterocycles. The Kier molecular flexibility index (Phi) is 8.07. The first-order valence-corrected chi connectivity index (χ1v) is 17.2. The number of aliphatic hydroxyl groups excluding tert-OH is 1. The Morgan fingerprint density at radius 2 is 1.86 bits per heavy atom. The minimum Gasteiger partial charge on any atom is -0.506 e. The Morgan fingerprint density at radius 1 is 1.06 bits per heavy atom. The molecule has 7 rings (SSSR count). The van der Waals surface area contributed by atoms with Crippen LogP contribution < -0.4 is 25.4 Å². The van der Waals surface area contributed by atoms with Crippen LogP contribution in [0.3, 0.4) is 0 Å². The highest BCUT2D eigenvalue weighted by atomic mass is 32.2. The lowest BCUT2D eigenvalue weighted by Crippen LogP contribution is -2.47. The number of phenols is 1. The Hall–Kier alpha value is -5.00. The third-order valence-electron chi connectivity index (χ3n) is 9.51. The predicted molar refractivity (Wildman–Crippen MR) is 177 cm³/mol. The minimum absolute atomic E-state index is 0.00859. The number of carbonyl (C=O) groups excluding carboxylic acids is 3. The summed E-state index contributed by atoms with van der Waals surface area (Å²) in [5.41, 5.74) is 1.81. The number of hydrogen-bond donors (Lipinski definition) is 5. The number of piperidine rings is 2. The van der Waals surface area contributed by atoms with Gasteiger partial charge in [0.05, 0.1) is 23.6 Å². The molecule has 0 spiro atoms. The highest BCUT2D eigenvalue weighted by molar-refractivity contribution is 7.92. The van der Waals surface area contributed by atoms with Crippen LogP contribution in [0.15, 0.2) is 47.3 Å². The number of aliphatic hydroxyl groups is 1. The van der Waals surface area contributed by atoms with Crippen LogP contribution in [0.5, 0.6) is 5.75 Å². The maximum atomic E-state index is 15.4. The summed E-state index contributed by atoms with van der Waals surface area (Å²) in [6, 6.07) is 10.7. The van der Waals surface area contributed by atoms with Crippen molar-refractivity contribution in [2.75, 3.05) is 35.8 Å². The van der Waals surface area contributed by atoms with Crippen LogP contribution >= 0.6 is 0 Å². The molecular weight excluding hydrogens is 661 g/mol. The quantitative estimate of drug-likeness (QED) is 0.196. The van der Waals surface area contributed by atoms with Gasteiger partial charge in [0.25, 0.3) is 5.91 Å². The number of anilines is 2. The van der Waals surface area contributed by atoms with E-state index in [-0.39, 0.29) is 47.2 Å². The second-order valence-electron chi connectivity index (χ2n) is 12.7. The van der Waals surface area contributed by atoms with E-state index in [1.54, 1.807) is 20.9 Å². The summed E-state index contributed by atoms with van der Waals surface area (Å²) in [6.45, 7) is 0.711. The maximum Gasteiger partial charge on any atom is 0.329 e. The molecule has 3 saturated heterocycles. The first-order valence-electron chi connectivity index (χ1n) is 15.8. The van der Waals surface area contributed by atoms with E-state index >= 15 is 4.39 Å². The third-order valence-corrected chi connectivity index (χ3v) is 10.9. The number of nitrogens with zero attached hydrogens (tertiary/aromatic N) is 4. The number of aromatic hydroxyl groups is 1. The Labute approximate surface area is 279 Å². The van der Waals surface area contributed by atoms with E-state index in [2.05, 4.69) is 10.6 Å². The molecule has 0 aliphatic carbocycles. The van der Waals surface area contributed by atoms with Gasteiger partial charge in [-0.3, -0.25) is 28.4 Å². The zero-order valence-corrected chi connectivity index (χ0v) is 27.2. The SMILES string of the molecule is Cn1c(=O)n(C2CCC(=O)NC2O)c2ccc([C@@H]3CCCN(CC(=O)Nc4ccc5c(F)c(N6CC(=O)NS6(=O)=O)c(O)cc5c4)C3)cc21. The van der Waals surface area contributed by atoms with Gasteiger partial charge in [-0.1, -0.05) is 6.07 Å². The van der Waals surface area contributed by atoms with Crippen LogP contribution in [0.4, 0.5) is 15.8 Å². The predicted octanol–water partition coefficient (Wildman–Crippen LogP) is 1.11. The monoisotopic (exact) mass is 695 g/mol. The summed E-state index contributed by atoms with van der Waals surface area (Å²) in [5.74, 6) is -3.02. The average Bonchev–Trinajstić information content (AvgIpc) is 3.45. The van der Waals surface area contributed by atoms with Crippen molar-refractivity contribution in [1.82, 2.24) is 24.1 Å². The maximum absolute atomic E-state index is 15.4. The van der Waals surface area contributed by atoms with E-state index in [1.165, 1.54) is 24.3 Å². The summed E-state index contributed by atoms with van der Waals surface area (Å²) in [5, 5.41) is 26.5. The van der Waals surface area contributed by atoms with Gasteiger partial charge in [0.1, 0.15) is 24.2 Å². The van der Waals surface area contributed by atoms with Crippen molar-refractivity contribution in [3.63, 3.8) is 0 Å². The first-order chi connectivity index (χ1) is 23.3. The summed E-state index contributed by atoms with van der Waals surface area (Å²) in [7, 11) is -2.67. The average molecular weight is 696 g/mol. The van der Waals surface area contributed by atoms with Gasteiger partial charge >= 0.3 is 15.9 Å². The summed E-state index contributed by atoms with van der Waals surface area (Å²) < 4.78 is 45.2.